The Bertz CT molecular complexity index is 262. The second kappa shape index (κ2) is 4.59. The maximum Gasteiger partial charge on any atom is 0.407 e. The first-order chi connectivity index (χ1) is 7.23. The lowest BCUT2D eigenvalue weighted by Gasteiger charge is -2.43. The van der Waals surface area contributed by atoms with Gasteiger partial charge in [-0.3, -0.25) is 0 Å². The van der Waals surface area contributed by atoms with E-state index in [2.05, 4.69) is 0 Å². The first-order valence-electron chi connectivity index (χ1n) is 5.69. The zero-order chi connectivity index (χ0) is 12.5. The smallest absolute Gasteiger partial charge is 0.407 e. The zero-order valence-electron chi connectivity index (χ0n) is 10.2. The summed E-state index contributed by atoms with van der Waals surface area (Å²) in [6.07, 6.45) is 0.307. The molecule has 4 N–H and O–H groups in total. The van der Waals surface area contributed by atoms with Crippen molar-refractivity contribution in [3.63, 3.8) is 0 Å². The second-order valence-corrected chi connectivity index (χ2v) is 5.52. The first-order valence-corrected chi connectivity index (χ1v) is 5.69. The van der Waals surface area contributed by atoms with Crippen LogP contribution in [0.4, 0.5) is 4.79 Å². The molecule has 1 unspecified atom stereocenters. The van der Waals surface area contributed by atoms with Crippen molar-refractivity contribution in [3.8, 4) is 0 Å². The quantitative estimate of drug-likeness (QED) is 0.627. The molecule has 0 bridgehead atoms. The lowest BCUT2D eigenvalue weighted by molar-refractivity contribution is 0.0148. The predicted octanol–water partition coefficient (Wildman–Crippen LogP) is 1.01. The third-order valence-electron chi connectivity index (χ3n) is 3.13. The molecular weight excluding hydrogens is 208 g/mol. The van der Waals surface area contributed by atoms with Crippen molar-refractivity contribution in [2.24, 2.45) is 5.73 Å². The van der Waals surface area contributed by atoms with Crippen molar-refractivity contribution in [2.75, 3.05) is 0 Å². The largest absolute Gasteiger partial charge is 0.465 e. The van der Waals surface area contributed by atoms with Gasteiger partial charge in [-0.2, -0.15) is 0 Å². The molecule has 1 saturated carbocycles. The van der Waals surface area contributed by atoms with E-state index in [4.69, 9.17) is 5.73 Å². The summed E-state index contributed by atoms with van der Waals surface area (Å²) in [5.74, 6) is 0. The van der Waals surface area contributed by atoms with Crippen molar-refractivity contribution in [2.45, 2.75) is 63.8 Å². The summed E-state index contributed by atoms with van der Waals surface area (Å²) < 4.78 is 0. The van der Waals surface area contributed by atoms with Crippen molar-refractivity contribution < 1.29 is 15.0 Å². The normalized spacial score (nSPS) is 31.2. The Kier molecular flexibility index (Phi) is 3.80. The molecule has 1 rings (SSSR count). The fraction of sp³-hybridized carbons (Fsp3) is 0.909. The van der Waals surface area contributed by atoms with Gasteiger partial charge in [-0.25, -0.2) is 4.79 Å². The van der Waals surface area contributed by atoms with Gasteiger partial charge >= 0.3 is 6.09 Å². The van der Waals surface area contributed by atoms with Gasteiger partial charge in [0.2, 0.25) is 0 Å². The Morgan fingerprint density at radius 3 is 2.31 bits per heavy atom. The van der Waals surface area contributed by atoms with E-state index in [0.717, 1.165) is 6.42 Å². The summed E-state index contributed by atoms with van der Waals surface area (Å²) >= 11 is 0. The fourth-order valence-corrected chi connectivity index (χ4v) is 2.37. The second-order valence-electron chi connectivity index (χ2n) is 5.52. The number of amides is 1. The van der Waals surface area contributed by atoms with E-state index in [0.29, 0.717) is 12.8 Å². The van der Waals surface area contributed by atoms with Gasteiger partial charge in [-0.05, 0) is 40.0 Å². The number of hydrogen-bond donors (Lipinski definition) is 3. The molecule has 5 heteroatoms. The summed E-state index contributed by atoms with van der Waals surface area (Å²) in [6.45, 7) is 5.59. The van der Waals surface area contributed by atoms with E-state index in [-0.39, 0.29) is 12.1 Å². The summed E-state index contributed by atoms with van der Waals surface area (Å²) in [7, 11) is 0. The van der Waals surface area contributed by atoms with Crippen LogP contribution in [0.25, 0.3) is 0 Å². The molecule has 0 radical (unpaired) electrons. The molecule has 0 aromatic carbocycles. The number of carbonyl (C=O) groups is 1. The average molecular weight is 230 g/mol. The van der Waals surface area contributed by atoms with Crippen LogP contribution in [0, 0.1) is 0 Å². The van der Waals surface area contributed by atoms with Gasteiger partial charge in [-0.1, -0.05) is 0 Å². The van der Waals surface area contributed by atoms with E-state index in [1.165, 1.54) is 4.90 Å². The fourth-order valence-electron chi connectivity index (χ4n) is 2.37. The van der Waals surface area contributed by atoms with Crippen LogP contribution >= 0.6 is 0 Å². The Morgan fingerprint density at radius 2 is 1.94 bits per heavy atom. The number of aliphatic hydroxyl groups is 1. The van der Waals surface area contributed by atoms with Gasteiger partial charge in [0.05, 0.1) is 6.10 Å². The summed E-state index contributed by atoms with van der Waals surface area (Å²) in [5, 5.41) is 18.9. The summed E-state index contributed by atoms with van der Waals surface area (Å²) in [6, 6.07) is -0.348. The SMILES string of the molecule is CC(C)(C)N(C(=O)O)C1CC[C@@H](N)[C@@H](O)C1. The van der Waals surface area contributed by atoms with Crippen molar-refractivity contribution >= 4 is 6.09 Å². The number of nitrogens with zero attached hydrogens (tertiary/aromatic N) is 1. The van der Waals surface area contributed by atoms with Crippen molar-refractivity contribution in [3.05, 3.63) is 0 Å². The Balaban J connectivity index is 2.78. The maximum absolute atomic E-state index is 11.2. The Hall–Kier alpha value is -0.810. The standard InChI is InChI=1S/C11H22N2O3/c1-11(2,3)13(10(15)16)7-4-5-8(12)9(14)6-7/h7-9,14H,4-6,12H2,1-3H3,(H,15,16)/t7?,8-,9+/m1/s1. The van der Waals surface area contributed by atoms with E-state index >= 15 is 0 Å². The van der Waals surface area contributed by atoms with Crippen LogP contribution in [0.3, 0.4) is 0 Å². The molecule has 1 amide bonds. The van der Waals surface area contributed by atoms with Gasteiger partial charge in [-0.15, -0.1) is 0 Å². The predicted molar refractivity (Wildman–Crippen MR) is 61.2 cm³/mol. The third kappa shape index (κ3) is 2.86. The molecule has 3 atom stereocenters. The van der Waals surface area contributed by atoms with Crippen LogP contribution in [0.1, 0.15) is 40.0 Å². The van der Waals surface area contributed by atoms with Crippen LogP contribution in [0.2, 0.25) is 0 Å². The molecule has 1 aliphatic carbocycles. The van der Waals surface area contributed by atoms with E-state index in [1.54, 1.807) is 0 Å². The molecule has 0 aromatic heterocycles. The molecule has 5 nitrogen and oxygen atoms in total. The zero-order valence-corrected chi connectivity index (χ0v) is 10.2. The van der Waals surface area contributed by atoms with Gasteiger partial charge in [0.25, 0.3) is 0 Å². The number of rotatable bonds is 1. The molecule has 1 aliphatic rings. The highest BCUT2D eigenvalue weighted by molar-refractivity contribution is 5.66. The molecule has 94 valence electrons. The molecule has 16 heavy (non-hydrogen) atoms. The van der Waals surface area contributed by atoms with E-state index in [9.17, 15) is 15.0 Å². The highest BCUT2D eigenvalue weighted by atomic mass is 16.4. The lowest BCUT2D eigenvalue weighted by atomic mass is 9.86. The van der Waals surface area contributed by atoms with Crippen LogP contribution < -0.4 is 5.73 Å². The van der Waals surface area contributed by atoms with E-state index in [1.807, 2.05) is 20.8 Å². The molecular formula is C11H22N2O3. The van der Waals surface area contributed by atoms with Gasteiger partial charge in [0, 0.05) is 17.6 Å². The summed E-state index contributed by atoms with van der Waals surface area (Å²) in [5.41, 5.74) is 5.26. The highest BCUT2D eigenvalue weighted by Gasteiger charge is 2.37. The Labute approximate surface area is 96.2 Å². The van der Waals surface area contributed by atoms with Crippen LogP contribution in [-0.2, 0) is 0 Å². The number of nitrogens with two attached hydrogens (primary N) is 1. The Morgan fingerprint density at radius 1 is 1.38 bits per heavy atom. The molecule has 0 aromatic rings. The van der Waals surface area contributed by atoms with Crippen LogP contribution in [0.5, 0.6) is 0 Å². The maximum atomic E-state index is 11.2. The van der Waals surface area contributed by atoms with Gasteiger partial charge < -0.3 is 20.8 Å². The average Bonchev–Trinajstić information content (AvgIpc) is 2.08. The van der Waals surface area contributed by atoms with Crippen molar-refractivity contribution in [1.82, 2.24) is 4.90 Å². The van der Waals surface area contributed by atoms with Gasteiger partial charge in [0.15, 0.2) is 0 Å². The minimum absolute atomic E-state index is 0.132. The minimum Gasteiger partial charge on any atom is -0.465 e. The molecule has 0 saturated heterocycles. The third-order valence-corrected chi connectivity index (χ3v) is 3.13. The minimum atomic E-state index is -0.930. The number of carboxylic acid groups (broad SMARTS) is 1. The van der Waals surface area contributed by atoms with E-state index < -0.39 is 17.7 Å². The monoisotopic (exact) mass is 230 g/mol. The number of hydrogen-bond acceptors (Lipinski definition) is 3. The lowest BCUT2D eigenvalue weighted by Crippen LogP contribution is -2.55. The van der Waals surface area contributed by atoms with Crippen LogP contribution in [-0.4, -0.2) is 44.9 Å². The molecule has 0 spiro atoms. The van der Waals surface area contributed by atoms with Gasteiger partial charge in [0.1, 0.15) is 0 Å². The summed E-state index contributed by atoms with van der Waals surface area (Å²) in [4.78, 5) is 12.7. The van der Waals surface area contributed by atoms with Crippen molar-refractivity contribution in [1.29, 1.82) is 0 Å². The molecule has 0 heterocycles. The highest BCUT2D eigenvalue weighted by Crippen LogP contribution is 2.28. The molecule has 0 aliphatic heterocycles. The van der Waals surface area contributed by atoms with Crippen LogP contribution in [0.15, 0.2) is 0 Å². The molecule has 1 fully saturated rings. The topological polar surface area (TPSA) is 86.8 Å². The number of aliphatic hydroxyl groups excluding tert-OH is 1. The first kappa shape index (κ1) is 13.3.